The molecule has 0 bridgehead atoms. The van der Waals surface area contributed by atoms with Gasteiger partial charge in [-0.05, 0) is 12.0 Å². The van der Waals surface area contributed by atoms with Crippen molar-refractivity contribution in [2.75, 3.05) is 5.75 Å². The second-order valence-electron chi connectivity index (χ2n) is 2.91. The third-order valence-corrected chi connectivity index (χ3v) is 2.67. The standard InChI is InChI=1S/C11H12O2S/c1-9(13)14-7-6-10-4-2-3-5-11(10)8-12/h2-5,8H,6-7H2,1H3. The molecule has 0 radical (unpaired) electrons. The van der Waals surface area contributed by atoms with Gasteiger partial charge in [0.25, 0.3) is 0 Å². The lowest BCUT2D eigenvalue weighted by atomic mass is 10.1. The average Bonchev–Trinajstić information content (AvgIpc) is 2.18. The highest BCUT2D eigenvalue weighted by Gasteiger charge is 2.01. The Morgan fingerprint density at radius 1 is 1.43 bits per heavy atom. The second kappa shape index (κ2) is 5.60. The Morgan fingerprint density at radius 2 is 2.14 bits per heavy atom. The first-order valence-electron chi connectivity index (χ1n) is 4.40. The summed E-state index contributed by atoms with van der Waals surface area (Å²) in [5.74, 6) is 0.736. The van der Waals surface area contributed by atoms with Crippen LogP contribution in [0.25, 0.3) is 0 Å². The van der Waals surface area contributed by atoms with Crippen LogP contribution in [0.1, 0.15) is 22.8 Å². The van der Waals surface area contributed by atoms with Gasteiger partial charge in [0.15, 0.2) is 5.12 Å². The largest absolute Gasteiger partial charge is 0.298 e. The van der Waals surface area contributed by atoms with E-state index in [-0.39, 0.29) is 5.12 Å². The zero-order valence-corrected chi connectivity index (χ0v) is 8.84. The van der Waals surface area contributed by atoms with Crippen LogP contribution in [0.4, 0.5) is 0 Å². The summed E-state index contributed by atoms with van der Waals surface area (Å²) in [4.78, 5) is 21.3. The summed E-state index contributed by atoms with van der Waals surface area (Å²) in [6.45, 7) is 1.55. The van der Waals surface area contributed by atoms with E-state index in [1.807, 2.05) is 18.2 Å². The molecule has 0 aliphatic carbocycles. The highest BCUT2D eigenvalue weighted by molar-refractivity contribution is 8.13. The number of carbonyl (C=O) groups is 2. The van der Waals surface area contributed by atoms with E-state index in [0.717, 1.165) is 29.6 Å². The van der Waals surface area contributed by atoms with E-state index >= 15 is 0 Å². The van der Waals surface area contributed by atoms with Crippen molar-refractivity contribution in [1.29, 1.82) is 0 Å². The summed E-state index contributed by atoms with van der Waals surface area (Å²) in [6.07, 6.45) is 1.62. The van der Waals surface area contributed by atoms with Gasteiger partial charge in [0.2, 0.25) is 0 Å². The fraction of sp³-hybridized carbons (Fsp3) is 0.273. The van der Waals surface area contributed by atoms with Crippen LogP contribution in [0.15, 0.2) is 24.3 Å². The Bertz CT molecular complexity index is 334. The third kappa shape index (κ3) is 3.34. The van der Waals surface area contributed by atoms with E-state index in [0.29, 0.717) is 0 Å². The molecule has 0 saturated heterocycles. The monoisotopic (exact) mass is 208 g/mol. The number of carbonyl (C=O) groups excluding carboxylic acids is 2. The molecule has 1 aromatic carbocycles. The molecule has 0 aliphatic rings. The van der Waals surface area contributed by atoms with Gasteiger partial charge in [-0.3, -0.25) is 9.59 Å². The topological polar surface area (TPSA) is 34.1 Å². The fourth-order valence-electron chi connectivity index (χ4n) is 1.18. The van der Waals surface area contributed by atoms with Crippen molar-refractivity contribution in [3.63, 3.8) is 0 Å². The smallest absolute Gasteiger partial charge is 0.185 e. The summed E-state index contributed by atoms with van der Waals surface area (Å²) in [5, 5.41) is 0.119. The highest BCUT2D eigenvalue weighted by Crippen LogP contribution is 2.11. The van der Waals surface area contributed by atoms with Crippen molar-refractivity contribution >= 4 is 23.2 Å². The maximum absolute atomic E-state index is 10.7. The van der Waals surface area contributed by atoms with Gasteiger partial charge in [0.1, 0.15) is 6.29 Å². The molecule has 0 fully saturated rings. The Hall–Kier alpha value is -1.09. The quantitative estimate of drug-likeness (QED) is 0.712. The molecule has 14 heavy (non-hydrogen) atoms. The zero-order chi connectivity index (χ0) is 10.4. The molecule has 0 aliphatic heterocycles. The predicted octanol–water partition coefficient (Wildman–Crippen LogP) is 2.32. The summed E-state index contributed by atoms with van der Waals surface area (Å²) >= 11 is 1.29. The number of rotatable bonds is 4. The molecule has 74 valence electrons. The average molecular weight is 208 g/mol. The lowest BCUT2D eigenvalue weighted by Crippen LogP contribution is -1.96. The normalized spacial score (nSPS) is 9.79. The number of aryl methyl sites for hydroxylation is 1. The molecule has 0 spiro atoms. The van der Waals surface area contributed by atoms with Crippen molar-refractivity contribution < 1.29 is 9.59 Å². The van der Waals surface area contributed by atoms with Crippen molar-refractivity contribution in [2.24, 2.45) is 0 Å². The summed E-state index contributed by atoms with van der Waals surface area (Å²) in [5.41, 5.74) is 1.73. The van der Waals surface area contributed by atoms with Crippen molar-refractivity contribution in [1.82, 2.24) is 0 Å². The van der Waals surface area contributed by atoms with Gasteiger partial charge in [-0.2, -0.15) is 0 Å². The first-order valence-corrected chi connectivity index (χ1v) is 5.39. The summed E-state index contributed by atoms with van der Waals surface area (Å²) in [7, 11) is 0. The van der Waals surface area contributed by atoms with Crippen molar-refractivity contribution in [3.8, 4) is 0 Å². The zero-order valence-electron chi connectivity index (χ0n) is 8.03. The molecule has 0 atom stereocenters. The number of benzene rings is 1. The minimum absolute atomic E-state index is 0.119. The fourth-order valence-corrected chi connectivity index (χ4v) is 1.79. The number of aldehydes is 1. The SMILES string of the molecule is CC(=O)SCCc1ccccc1C=O. The highest BCUT2D eigenvalue weighted by atomic mass is 32.2. The molecule has 1 aromatic rings. The van der Waals surface area contributed by atoms with Crippen LogP contribution in [0.5, 0.6) is 0 Å². The van der Waals surface area contributed by atoms with Gasteiger partial charge in [-0.25, -0.2) is 0 Å². The van der Waals surface area contributed by atoms with E-state index in [1.54, 1.807) is 13.0 Å². The van der Waals surface area contributed by atoms with Crippen molar-refractivity contribution in [2.45, 2.75) is 13.3 Å². The Morgan fingerprint density at radius 3 is 2.79 bits per heavy atom. The van der Waals surface area contributed by atoms with E-state index in [4.69, 9.17) is 0 Å². The molecule has 0 unspecified atom stereocenters. The van der Waals surface area contributed by atoms with Crippen LogP contribution >= 0.6 is 11.8 Å². The van der Waals surface area contributed by atoms with Crippen LogP contribution in [-0.4, -0.2) is 17.2 Å². The molecule has 0 saturated carbocycles. The number of hydrogen-bond acceptors (Lipinski definition) is 3. The Labute approximate surface area is 87.7 Å². The molecule has 1 rings (SSSR count). The molecular weight excluding hydrogens is 196 g/mol. The van der Waals surface area contributed by atoms with Crippen LogP contribution in [0.3, 0.4) is 0 Å². The van der Waals surface area contributed by atoms with Gasteiger partial charge >= 0.3 is 0 Å². The molecule has 0 heterocycles. The molecule has 0 N–H and O–H groups in total. The lowest BCUT2D eigenvalue weighted by molar-refractivity contribution is -0.109. The molecular formula is C11H12O2S. The molecule has 3 heteroatoms. The Kier molecular flexibility index (Phi) is 4.40. The van der Waals surface area contributed by atoms with Gasteiger partial charge in [0, 0.05) is 18.2 Å². The Balaban J connectivity index is 2.57. The molecule has 2 nitrogen and oxygen atoms in total. The van der Waals surface area contributed by atoms with Crippen LogP contribution in [-0.2, 0) is 11.2 Å². The first kappa shape index (κ1) is 11.0. The second-order valence-corrected chi connectivity index (χ2v) is 4.18. The van der Waals surface area contributed by atoms with E-state index < -0.39 is 0 Å². The first-order chi connectivity index (χ1) is 6.74. The number of hydrogen-bond donors (Lipinski definition) is 0. The maximum atomic E-state index is 10.7. The van der Waals surface area contributed by atoms with Gasteiger partial charge < -0.3 is 0 Å². The minimum atomic E-state index is 0.119. The van der Waals surface area contributed by atoms with Gasteiger partial charge in [-0.15, -0.1) is 0 Å². The van der Waals surface area contributed by atoms with Gasteiger partial charge in [0.05, 0.1) is 0 Å². The van der Waals surface area contributed by atoms with E-state index in [2.05, 4.69) is 0 Å². The predicted molar refractivity (Wildman–Crippen MR) is 58.7 cm³/mol. The van der Waals surface area contributed by atoms with Crippen molar-refractivity contribution in [3.05, 3.63) is 35.4 Å². The van der Waals surface area contributed by atoms with E-state index in [9.17, 15) is 9.59 Å². The van der Waals surface area contributed by atoms with Crippen LogP contribution < -0.4 is 0 Å². The third-order valence-electron chi connectivity index (χ3n) is 1.86. The van der Waals surface area contributed by atoms with Gasteiger partial charge in [-0.1, -0.05) is 36.0 Å². The summed E-state index contributed by atoms with van der Waals surface area (Å²) in [6, 6.07) is 7.46. The summed E-state index contributed by atoms with van der Waals surface area (Å²) < 4.78 is 0. The van der Waals surface area contributed by atoms with E-state index in [1.165, 1.54) is 11.8 Å². The molecule has 0 amide bonds. The maximum Gasteiger partial charge on any atom is 0.185 e. The number of thioether (sulfide) groups is 1. The van der Waals surface area contributed by atoms with Crippen LogP contribution in [0.2, 0.25) is 0 Å². The van der Waals surface area contributed by atoms with Crippen LogP contribution in [0, 0.1) is 0 Å². The molecule has 0 aromatic heterocycles. The minimum Gasteiger partial charge on any atom is -0.298 e. The lowest BCUT2D eigenvalue weighted by Gasteiger charge is -2.02.